The maximum atomic E-state index is 13.1. The molecule has 0 N–H and O–H groups in total. The fraction of sp³-hybridized carbons (Fsp3) is 0.308. The van der Waals surface area contributed by atoms with E-state index in [0.717, 1.165) is 36.0 Å². The molecule has 2 bridgehead atoms. The second-order valence-electron chi connectivity index (χ2n) is 8.36. The first-order valence-corrected chi connectivity index (χ1v) is 10.7. The molecule has 3 saturated heterocycles. The number of pyridine rings is 1. The number of ether oxygens (including phenoxy) is 1. The molecule has 0 spiro atoms. The topological polar surface area (TPSA) is 42.4 Å². The third-order valence-corrected chi connectivity index (χ3v) is 6.74. The molecule has 3 aliphatic rings. The molecule has 5 atom stereocenters. The standard InChI is InChI=1S/C26H26N2O2/c1-2-18-17-28-15-13-20(18)16-24(28)25(30-26(29)19-8-4-3-5-9-19)22-12-14-27-23-11-7-6-10-21(22)23/h2-12,14,18,20,24-25H,1,13,15-17H2/t18-,20+,24+,25-/m0/s1. The smallest absolute Gasteiger partial charge is 0.338 e. The zero-order valence-electron chi connectivity index (χ0n) is 17.0. The number of fused-ring (bicyclic) bond motifs is 4. The van der Waals surface area contributed by atoms with Crippen LogP contribution < -0.4 is 0 Å². The summed E-state index contributed by atoms with van der Waals surface area (Å²) in [6.45, 7) is 6.07. The molecular formula is C26H26N2O2. The molecule has 0 amide bonds. The molecule has 4 heteroatoms. The Bertz CT molecular complexity index is 1060. The van der Waals surface area contributed by atoms with Crippen molar-refractivity contribution in [2.45, 2.75) is 25.0 Å². The first-order valence-electron chi connectivity index (χ1n) is 10.7. The van der Waals surface area contributed by atoms with Gasteiger partial charge in [-0.25, -0.2) is 4.79 Å². The molecule has 30 heavy (non-hydrogen) atoms. The van der Waals surface area contributed by atoms with Crippen LogP contribution in [0.4, 0.5) is 0 Å². The predicted octanol–water partition coefficient (Wildman–Crippen LogP) is 5.03. The van der Waals surface area contributed by atoms with Crippen LogP contribution in [-0.2, 0) is 4.74 Å². The van der Waals surface area contributed by atoms with Crippen LogP contribution in [0.3, 0.4) is 0 Å². The van der Waals surface area contributed by atoms with Gasteiger partial charge < -0.3 is 4.74 Å². The molecule has 1 unspecified atom stereocenters. The number of rotatable bonds is 5. The molecule has 6 rings (SSSR count). The quantitative estimate of drug-likeness (QED) is 0.447. The lowest BCUT2D eigenvalue weighted by Gasteiger charge is -2.51. The molecule has 0 radical (unpaired) electrons. The number of carbonyl (C=O) groups excluding carboxylic acids is 1. The Morgan fingerprint density at radius 2 is 1.93 bits per heavy atom. The van der Waals surface area contributed by atoms with Crippen molar-refractivity contribution in [3.05, 3.63) is 90.6 Å². The molecule has 4 nitrogen and oxygen atoms in total. The number of hydrogen-bond donors (Lipinski definition) is 0. The molecule has 1 aromatic heterocycles. The van der Waals surface area contributed by atoms with Gasteiger partial charge in [-0.3, -0.25) is 9.88 Å². The van der Waals surface area contributed by atoms with E-state index < -0.39 is 0 Å². The normalized spacial score (nSPS) is 26.3. The molecule has 152 valence electrons. The number of para-hydroxylation sites is 1. The number of piperidine rings is 3. The lowest BCUT2D eigenvalue weighted by atomic mass is 9.73. The van der Waals surface area contributed by atoms with Gasteiger partial charge in [-0.1, -0.05) is 42.5 Å². The highest BCUT2D eigenvalue weighted by Gasteiger charge is 2.44. The van der Waals surface area contributed by atoms with Crippen LogP contribution in [0.5, 0.6) is 0 Å². The number of aromatic nitrogens is 1. The van der Waals surface area contributed by atoms with E-state index in [9.17, 15) is 4.79 Å². The molecular weight excluding hydrogens is 372 g/mol. The maximum Gasteiger partial charge on any atom is 0.338 e. The summed E-state index contributed by atoms with van der Waals surface area (Å²) in [7, 11) is 0. The number of esters is 1. The van der Waals surface area contributed by atoms with Crippen molar-refractivity contribution in [2.75, 3.05) is 13.1 Å². The molecule has 3 fully saturated rings. The van der Waals surface area contributed by atoms with Crippen LogP contribution in [0.1, 0.15) is 34.9 Å². The van der Waals surface area contributed by atoms with Crippen LogP contribution in [0.2, 0.25) is 0 Å². The fourth-order valence-corrected chi connectivity index (χ4v) is 5.17. The second kappa shape index (κ2) is 8.04. The van der Waals surface area contributed by atoms with Crippen molar-refractivity contribution >= 4 is 16.9 Å². The van der Waals surface area contributed by atoms with E-state index in [2.05, 4.69) is 28.6 Å². The summed E-state index contributed by atoms with van der Waals surface area (Å²) < 4.78 is 6.26. The van der Waals surface area contributed by atoms with Crippen LogP contribution in [0.15, 0.2) is 79.5 Å². The van der Waals surface area contributed by atoms with E-state index in [1.165, 1.54) is 6.42 Å². The fourth-order valence-electron chi connectivity index (χ4n) is 5.17. The lowest BCUT2D eigenvalue weighted by molar-refractivity contribution is -0.0568. The zero-order valence-corrected chi connectivity index (χ0v) is 17.0. The average molecular weight is 399 g/mol. The predicted molar refractivity (Wildman–Crippen MR) is 118 cm³/mol. The summed E-state index contributed by atoms with van der Waals surface area (Å²) >= 11 is 0. The summed E-state index contributed by atoms with van der Waals surface area (Å²) in [5.74, 6) is 0.850. The highest BCUT2D eigenvalue weighted by Crippen LogP contribution is 2.43. The number of benzene rings is 2. The first kappa shape index (κ1) is 19.0. The van der Waals surface area contributed by atoms with Crippen LogP contribution in [0.25, 0.3) is 10.9 Å². The van der Waals surface area contributed by atoms with Crippen molar-refractivity contribution < 1.29 is 9.53 Å². The van der Waals surface area contributed by atoms with Crippen LogP contribution in [-0.4, -0.2) is 35.0 Å². The number of carbonyl (C=O) groups is 1. The van der Waals surface area contributed by atoms with Crippen LogP contribution in [0, 0.1) is 11.8 Å². The molecule has 2 aromatic carbocycles. The van der Waals surface area contributed by atoms with Gasteiger partial charge in [0, 0.05) is 23.7 Å². The third kappa shape index (κ3) is 3.41. The van der Waals surface area contributed by atoms with Gasteiger partial charge in [-0.15, -0.1) is 6.58 Å². The van der Waals surface area contributed by atoms with E-state index >= 15 is 0 Å². The zero-order chi connectivity index (χ0) is 20.5. The van der Waals surface area contributed by atoms with E-state index in [4.69, 9.17) is 4.74 Å². The van der Waals surface area contributed by atoms with Gasteiger partial charge in [-0.05, 0) is 55.5 Å². The highest BCUT2D eigenvalue weighted by molar-refractivity contribution is 5.90. The highest BCUT2D eigenvalue weighted by atomic mass is 16.5. The van der Waals surface area contributed by atoms with Crippen molar-refractivity contribution in [1.82, 2.24) is 9.88 Å². The van der Waals surface area contributed by atoms with Gasteiger partial charge in [0.15, 0.2) is 0 Å². The number of nitrogens with zero attached hydrogens (tertiary/aromatic N) is 2. The van der Waals surface area contributed by atoms with E-state index in [1.807, 2.05) is 60.8 Å². The van der Waals surface area contributed by atoms with Crippen molar-refractivity contribution in [1.29, 1.82) is 0 Å². The molecule has 3 aromatic rings. The minimum absolute atomic E-state index is 0.165. The summed E-state index contributed by atoms with van der Waals surface area (Å²) in [6.07, 6.45) is 5.78. The lowest BCUT2D eigenvalue weighted by Crippen LogP contribution is -2.55. The van der Waals surface area contributed by atoms with Crippen molar-refractivity contribution in [3.8, 4) is 0 Å². The Hall–Kier alpha value is -2.98. The van der Waals surface area contributed by atoms with Crippen molar-refractivity contribution in [2.24, 2.45) is 11.8 Å². The summed E-state index contributed by atoms with van der Waals surface area (Å²) in [5.41, 5.74) is 2.55. The van der Waals surface area contributed by atoms with Gasteiger partial charge in [0.2, 0.25) is 0 Å². The Morgan fingerprint density at radius 3 is 2.70 bits per heavy atom. The van der Waals surface area contributed by atoms with Gasteiger partial charge >= 0.3 is 5.97 Å². The Kier molecular flexibility index (Phi) is 5.09. The second-order valence-corrected chi connectivity index (χ2v) is 8.36. The van der Waals surface area contributed by atoms with Gasteiger partial charge in [0.1, 0.15) is 6.10 Å². The van der Waals surface area contributed by atoms with E-state index in [0.29, 0.717) is 17.4 Å². The monoisotopic (exact) mass is 398 g/mol. The third-order valence-electron chi connectivity index (χ3n) is 6.74. The Morgan fingerprint density at radius 1 is 1.13 bits per heavy atom. The summed E-state index contributed by atoms with van der Waals surface area (Å²) in [6, 6.07) is 19.5. The largest absolute Gasteiger partial charge is 0.452 e. The van der Waals surface area contributed by atoms with E-state index in [1.54, 1.807) is 0 Å². The van der Waals surface area contributed by atoms with Crippen molar-refractivity contribution in [3.63, 3.8) is 0 Å². The average Bonchev–Trinajstić information content (AvgIpc) is 2.83. The minimum Gasteiger partial charge on any atom is -0.452 e. The minimum atomic E-state index is -0.334. The molecule has 3 aliphatic heterocycles. The Labute approximate surface area is 177 Å². The first-order chi connectivity index (χ1) is 14.7. The van der Waals surface area contributed by atoms with Gasteiger partial charge in [-0.2, -0.15) is 0 Å². The van der Waals surface area contributed by atoms with Crippen LogP contribution >= 0.6 is 0 Å². The SMILES string of the molecule is C=C[C@H]1CN2CC[C@@H]1C[C@@H]2[C@@H](OC(=O)c1ccccc1)c1ccnc2ccccc12. The number of hydrogen-bond acceptors (Lipinski definition) is 4. The van der Waals surface area contributed by atoms with Gasteiger partial charge in [0.05, 0.1) is 17.1 Å². The van der Waals surface area contributed by atoms with E-state index in [-0.39, 0.29) is 18.1 Å². The summed E-state index contributed by atoms with van der Waals surface area (Å²) in [5, 5.41) is 1.05. The maximum absolute atomic E-state index is 13.1. The molecule has 4 heterocycles. The molecule has 0 saturated carbocycles. The summed E-state index contributed by atoms with van der Waals surface area (Å²) in [4.78, 5) is 20.1. The van der Waals surface area contributed by atoms with Gasteiger partial charge in [0.25, 0.3) is 0 Å². The molecule has 0 aliphatic carbocycles. The Balaban J connectivity index is 1.54.